The number of benzene rings is 1. The predicted molar refractivity (Wildman–Crippen MR) is 72.1 cm³/mol. The zero-order valence-corrected chi connectivity index (χ0v) is 10.6. The van der Waals surface area contributed by atoms with Crippen molar-refractivity contribution in [2.24, 2.45) is 0 Å². The van der Waals surface area contributed by atoms with Gasteiger partial charge < -0.3 is 10.2 Å². The van der Waals surface area contributed by atoms with Crippen molar-refractivity contribution in [3.8, 4) is 0 Å². The fourth-order valence-corrected chi connectivity index (χ4v) is 2.28. The molecule has 2 aromatic rings. The minimum absolute atomic E-state index is 0.0616. The van der Waals surface area contributed by atoms with Crippen LogP contribution >= 0.6 is 0 Å². The SMILES string of the molecule is CC(=O)NCN1c2ccccc2Cc2nccnc21. The van der Waals surface area contributed by atoms with E-state index < -0.39 is 0 Å². The van der Waals surface area contributed by atoms with E-state index in [2.05, 4.69) is 21.4 Å². The number of hydrogen-bond acceptors (Lipinski definition) is 4. The first-order valence-electron chi connectivity index (χ1n) is 6.15. The van der Waals surface area contributed by atoms with Gasteiger partial charge in [-0.05, 0) is 11.6 Å². The van der Waals surface area contributed by atoms with E-state index in [0.29, 0.717) is 6.67 Å². The summed E-state index contributed by atoms with van der Waals surface area (Å²) in [5, 5.41) is 2.82. The number of aromatic nitrogens is 2. The van der Waals surface area contributed by atoms with Crippen molar-refractivity contribution in [2.75, 3.05) is 11.6 Å². The lowest BCUT2D eigenvalue weighted by atomic mass is 10.0. The number of carbonyl (C=O) groups excluding carboxylic acids is 1. The lowest BCUT2D eigenvalue weighted by molar-refractivity contribution is -0.118. The van der Waals surface area contributed by atoms with Crippen molar-refractivity contribution < 1.29 is 4.79 Å². The molecular formula is C14H14N4O. The maximum absolute atomic E-state index is 11.1. The monoisotopic (exact) mass is 254 g/mol. The molecule has 1 aliphatic rings. The highest BCUT2D eigenvalue weighted by atomic mass is 16.1. The Kier molecular flexibility index (Phi) is 2.87. The first kappa shape index (κ1) is 11.6. The molecule has 1 aromatic carbocycles. The van der Waals surface area contributed by atoms with Gasteiger partial charge in [-0.3, -0.25) is 9.78 Å². The highest BCUT2D eigenvalue weighted by Gasteiger charge is 2.24. The third kappa shape index (κ3) is 2.14. The number of hydrogen-bond donors (Lipinski definition) is 1. The van der Waals surface area contributed by atoms with Gasteiger partial charge in [-0.1, -0.05) is 18.2 Å². The van der Waals surface area contributed by atoms with Gasteiger partial charge in [-0.2, -0.15) is 0 Å². The molecule has 0 aliphatic carbocycles. The molecule has 96 valence electrons. The molecule has 1 aliphatic heterocycles. The Labute approximate surface area is 111 Å². The molecule has 1 N–H and O–H groups in total. The molecule has 5 heteroatoms. The number of fused-ring (bicyclic) bond motifs is 2. The second-order valence-electron chi connectivity index (χ2n) is 4.45. The molecule has 19 heavy (non-hydrogen) atoms. The van der Waals surface area contributed by atoms with Crippen LogP contribution in [0.25, 0.3) is 0 Å². The van der Waals surface area contributed by atoms with Crippen LogP contribution in [-0.2, 0) is 11.2 Å². The summed E-state index contributed by atoms with van der Waals surface area (Å²) in [4.78, 5) is 21.9. The van der Waals surface area contributed by atoms with Crippen molar-refractivity contribution in [1.82, 2.24) is 15.3 Å². The number of anilines is 2. The standard InChI is InChI=1S/C14H14N4O/c1-10(19)17-9-18-13-5-3-2-4-11(13)8-12-14(18)16-7-6-15-12/h2-7H,8-9H2,1H3,(H,17,19). The Hall–Kier alpha value is -2.43. The topological polar surface area (TPSA) is 58.1 Å². The molecule has 0 spiro atoms. The molecule has 0 unspecified atom stereocenters. The largest absolute Gasteiger partial charge is 0.338 e. The Balaban J connectivity index is 2.03. The smallest absolute Gasteiger partial charge is 0.218 e. The van der Waals surface area contributed by atoms with Crippen molar-refractivity contribution >= 4 is 17.4 Å². The highest BCUT2D eigenvalue weighted by Crippen LogP contribution is 2.35. The minimum Gasteiger partial charge on any atom is -0.338 e. The van der Waals surface area contributed by atoms with Crippen LogP contribution in [0.2, 0.25) is 0 Å². The van der Waals surface area contributed by atoms with E-state index in [1.807, 2.05) is 23.1 Å². The summed E-state index contributed by atoms with van der Waals surface area (Å²) in [7, 11) is 0. The zero-order chi connectivity index (χ0) is 13.2. The summed E-state index contributed by atoms with van der Waals surface area (Å²) in [6.45, 7) is 1.91. The summed E-state index contributed by atoms with van der Waals surface area (Å²) in [5.74, 6) is 0.753. The molecule has 0 radical (unpaired) electrons. The molecular weight excluding hydrogens is 240 g/mol. The van der Waals surface area contributed by atoms with Crippen molar-refractivity contribution in [3.05, 3.63) is 47.9 Å². The van der Waals surface area contributed by atoms with Gasteiger partial charge >= 0.3 is 0 Å². The first-order chi connectivity index (χ1) is 9.25. The minimum atomic E-state index is -0.0616. The van der Waals surface area contributed by atoms with E-state index >= 15 is 0 Å². The lowest BCUT2D eigenvalue weighted by Gasteiger charge is -2.31. The van der Waals surface area contributed by atoms with Crippen molar-refractivity contribution in [2.45, 2.75) is 13.3 Å². The molecule has 3 rings (SSSR count). The summed E-state index contributed by atoms with van der Waals surface area (Å²) < 4.78 is 0. The average Bonchev–Trinajstić information content (AvgIpc) is 2.43. The van der Waals surface area contributed by atoms with E-state index in [1.165, 1.54) is 12.5 Å². The van der Waals surface area contributed by atoms with Gasteiger partial charge in [-0.15, -0.1) is 0 Å². The predicted octanol–water partition coefficient (Wildman–Crippen LogP) is 1.61. The third-order valence-electron chi connectivity index (χ3n) is 3.13. The Morgan fingerprint density at radius 1 is 1.32 bits per heavy atom. The maximum Gasteiger partial charge on any atom is 0.218 e. The zero-order valence-electron chi connectivity index (χ0n) is 10.6. The number of amides is 1. The number of para-hydroxylation sites is 1. The first-order valence-corrected chi connectivity index (χ1v) is 6.15. The second kappa shape index (κ2) is 4.68. The number of nitrogens with one attached hydrogen (secondary N) is 1. The molecule has 0 saturated carbocycles. The van der Waals surface area contributed by atoms with Crippen LogP contribution in [-0.4, -0.2) is 22.5 Å². The summed E-state index contributed by atoms with van der Waals surface area (Å²) in [5.41, 5.74) is 3.21. The maximum atomic E-state index is 11.1. The molecule has 5 nitrogen and oxygen atoms in total. The molecule has 2 heterocycles. The van der Waals surface area contributed by atoms with E-state index in [0.717, 1.165) is 23.6 Å². The number of carbonyl (C=O) groups is 1. The summed E-state index contributed by atoms with van der Waals surface area (Å²) in [6, 6.07) is 8.11. The van der Waals surface area contributed by atoms with Gasteiger partial charge in [0, 0.05) is 31.4 Å². The van der Waals surface area contributed by atoms with Crippen LogP contribution in [0.15, 0.2) is 36.7 Å². The molecule has 0 bridgehead atoms. The van der Waals surface area contributed by atoms with Crippen LogP contribution in [0.3, 0.4) is 0 Å². The Bertz CT molecular complexity index is 581. The molecule has 0 atom stereocenters. The third-order valence-corrected chi connectivity index (χ3v) is 3.13. The number of nitrogens with zero attached hydrogens (tertiary/aromatic N) is 3. The van der Waals surface area contributed by atoms with Crippen molar-refractivity contribution in [1.29, 1.82) is 0 Å². The Morgan fingerprint density at radius 3 is 2.95 bits per heavy atom. The quantitative estimate of drug-likeness (QED) is 0.884. The summed E-state index contributed by atoms with van der Waals surface area (Å²) >= 11 is 0. The highest BCUT2D eigenvalue weighted by molar-refractivity contribution is 5.75. The lowest BCUT2D eigenvalue weighted by Crippen LogP contribution is -2.36. The van der Waals surface area contributed by atoms with E-state index in [1.54, 1.807) is 12.4 Å². The number of rotatable bonds is 2. The normalized spacial score (nSPS) is 12.6. The van der Waals surface area contributed by atoms with E-state index in [9.17, 15) is 4.79 Å². The fourth-order valence-electron chi connectivity index (χ4n) is 2.28. The van der Waals surface area contributed by atoms with E-state index in [-0.39, 0.29) is 5.91 Å². The van der Waals surface area contributed by atoms with Crippen molar-refractivity contribution in [3.63, 3.8) is 0 Å². The van der Waals surface area contributed by atoms with Gasteiger partial charge in [0.25, 0.3) is 0 Å². The van der Waals surface area contributed by atoms with Gasteiger partial charge in [0.05, 0.1) is 12.4 Å². The van der Waals surface area contributed by atoms with Crippen LogP contribution in [0, 0.1) is 0 Å². The van der Waals surface area contributed by atoms with Gasteiger partial charge in [0.15, 0.2) is 5.82 Å². The molecule has 0 fully saturated rings. The summed E-state index contributed by atoms with van der Waals surface area (Å²) in [6.07, 6.45) is 4.15. The van der Waals surface area contributed by atoms with Gasteiger partial charge in [0.2, 0.25) is 5.91 Å². The van der Waals surface area contributed by atoms with E-state index in [4.69, 9.17) is 0 Å². The van der Waals surface area contributed by atoms with Crippen LogP contribution < -0.4 is 10.2 Å². The second-order valence-corrected chi connectivity index (χ2v) is 4.45. The average molecular weight is 254 g/mol. The molecule has 1 amide bonds. The fraction of sp³-hybridized carbons (Fsp3) is 0.214. The van der Waals surface area contributed by atoms with Gasteiger partial charge in [-0.25, -0.2) is 4.98 Å². The molecule has 1 aromatic heterocycles. The van der Waals surface area contributed by atoms with Crippen LogP contribution in [0.4, 0.5) is 11.5 Å². The van der Waals surface area contributed by atoms with Gasteiger partial charge in [0.1, 0.15) is 0 Å². The Morgan fingerprint density at radius 2 is 2.11 bits per heavy atom. The molecule has 0 saturated heterocycles. The van der Waals surface area contributed by atoms with Crippen LogP contribution in [0.5, 0.6) is 0 Å². The van der Waals surface area contributed by atoms with Crippen LogP contribution in [0.1, 0.15) is 18.2 Å².